The van der Waals surface area contributed by atoms with Crippen molar-refractivity contribution in [1.82, 2.24) is 0 Å². The van der Waals surface area contributed by atoms with Crippen LogP contribution < -0.4 is 5.01 Å². The van der Waals surface area contributed by atoms with E-state index >= 15 is 0 Å². The Bertz CT molecular complexity index is 565. The van der Waals surface area contributed by atoms with Crippen LogP contribution in [0.3, 0.4) is 0 Å². The Labute approximate surface area is 113 Å². The number of hydrogen-bond donors (Lipinski definition) is 0. The van der Waals surface area contributed by atoms with E-state index in [4.69, 9.17) is 0 Å². The third kappa shape index (κ3) is 1.18. The molecule has 3 heteroatoms. The summed E-state index contributed by atoms with van der Waals surface area (Å²) >= 11 is 0. The van der Waals surface area contributed by atoms with Crippen LogP contribution in [-0.4, -0.2) is 12.1 Å². The lowest BCUT2D eigenvalue weighted by Gasteiger charge is -2.35. The largest absolute Gasteiger partial charge is 0.242 e. The van der Waals surface area contributed by atoms with Gasteiger partial charge in [0.2, 0.25) is 0 Å². The zero-order valence-corrected chi connectivity index (χ0v) is 10.8. The highest BCUT2D eigenvalue weighted by Gasteiger charge is 2.61. The van der Waals surface area contributed by atoms with Crippen LogP contribution in [-0.2, 0) is 0 Å². The smallest absolute Gasteiger partial charge is 0.0988 e. The van der Waals surface area contributed by atoms with Crippen molar-refractivity contribution >= 4 is 5.69 Å². The first kappa shape index (κ1) is 10.2. The van der Waals surface area contributed by atoms with Gasteiger partial charge < -0.3 is 0 Å². The summed E-state index contributed by atoms with van der Waals surface area (Å²) in [4.78, 5) is 0. The van der Waals surface area contributed by atoms with E-state index in [1.807, 2.05) is 0 Å². The second-order valence-corrected chi connectivity index (χ2v) is 6.33. The van der Waals surface area contributed by atoms with E-state index in [0.29, 0.717) is 12.1 Å². The van der Waals surface area contributed by atoms with Crippen LogP contribution in [0.2, 0.25) is 0 Å². The molecule has 1 aromatic rings. The van der Waals surface area contributed by atoms with Gasteiger partial charge in [-0.3, -0.25) is 0 Å². The van der Waals surface area contributed by atoms with Crippen molar-refractivity contribution < 1.29 is 0 Å². The number of nitrogens with zero attached hydrogens (tertiary/aromatic N) is 3. The molecule has 1 aliphatic heterocycles. The summed E-state index contributed by atoms with van der Waals surface area (Å²) in [6.45, 7) is 0. The van der Waals surface area contributed by atoms with Crippen molar-refractivity contribution in [2.24, 2.45) is 34.0 Å². The van der Waals surface area contributed by atoms with Crippen molar-refractivity contribution in [3.05, 3.63) is 42.5 Å². The third-order valence-electron chi connectivity index (χ3n) is 5.66. The predicted octanol–water partition coefficient (Wildman–Crippen LogP) is 3.45. The van der Waals surface area contributed by atoms with Crippen LogP contribution in [0.4, 0.5) is 5.69 Å². The lowest BCUT2D eigenvalue weighted by atomic mass is 9.76. The second kappa shape index (κ2) is 3.47. The van der Waals surface area contributed by atoms with Gasteiger partial charge in [0.1, 0.15) is 0 Å². The van der Waals surface area contributed by atoms with Gasteiger partial charge in [-0.15, -0.1) is 0 Å². The first-order chi connectivity index (χ1) is 9.43. The van der Waals surface area contributed by atoms with E-state index in [9.17, 15) is 0 Å². The number of allylic oxidation sites excluding steroid dienone is 2. The van der Waals surface area contributed by atoms with Crippen molar-refractivity contribution in [3.8, 4) is 0 Å². The molecule has 19 heavy (non-hydrogen) atoms. The second-order valence-electron chi connectivity index (χ2n) is 6.33. The Balaban J connectivity index is 1.53. The molecule has 0 amide bonds. The zero-order chi connectivity index (χ0) is 12.4. The Morgan fingerprint density at radius 2 is 1.95 bits per heavy atom. The first-order valence-electron chi connectivity index (χ1n) is 7.35. The molecule has 0 aromatic heterocycles. The lowest BCUT2D eigenvalue weighted by molar-refractivity contribution is 0.238. The molecule has 0 N–H and O–H groups in total. The maximum Gasteiger partial charge on any atom is 0.0988 e. The fourth-order valence-electron chi connectivity index (χ4n) is 4.99. The highest BCUT2D eigenvalue weighted by atomic mass is 15.6. The van der Waals surface area contributed by atoms with E-state index in [1.165, 1.54) is 18.5 Å². The SMILES string of the molecule is C1=C[C@H]2[C@H]3C[C@@H]([C@H]2C1)[C@@H]1N=NN(c2ccccc2)[C@H]31. The number of hydrogen-bond acceptors (Lipinski definition) is 3. The van der Waals surface area contributed by atoms with Gasteiger partial charge in [-0.1, -0.05) is 35.6 Å². The number of anilines is 1. The van der Waals surface area contributed by atoms with E-state index in [2.05, 4.69) is 57.8 Å². The molecule has 0 radical (unpaired) electrons. The van der Waals surface area contributed by atoms with Crippen LogP contribution in [0.25, 0.3) is 0 Å². The van der Waals surface area contributed by atoms with E-state index in [0.717, 1.165) is 23.7 Å². The van der Waals surface area contributed by atoms with Crippen LogP contribution >= 0.6 is 0 Å². The summed E-state index contributed by atoms with van der Waals surface area (Å²) in [6.07, 6.45) is 7.49. The molecule has 0 saturated heterocycles. The van der Waals surface area contributed by atoms with Crippen LogP contribution in [0.5, 0.6) is 0 Å². The average Bonchev–Trinajstić information content (AvgIpc) is 3.17. The number of para-hydroxylation sites is 1. The molecular formula is C16H17N3. The van der Waals surface area contributed by atoms with Gasteiger partial charge in [-0.25, -0.2) is 5.01 Å². The molecule has 6 atom stereocenters. The highest BCUT2D eigenvalue weighted by Crippen LogP contribution is 2.60. The summed E-state index contributed by atoms with van der Waals surface area (Å²) in [7, 11) is 0. The minimum Gasteiger partial charge on any atom is -0.242 e. The summed E-state index contributed by atoms with van der Waals surface area (Å²) in [5, 5.41) is 11.3. The van der Waals surface area contributed by atoms with Crippen molar-refractivity contribution in [2.45, 2.75) is 24.9 Å². The number of fused-ring (bicyclic) bond motifs is 8. The molecule has 2 bridgehead atoms. The van der Waals surface area contributed by atoms with E-state index < -0.39 is 0 Å². The fourth-order valence-corrected chi connectivity index (χ4v) is 4.99. The van der Waals surface area contributed by atoms with Crippen LogP contribution in [0.15, 0.2) is 52.8 Å². The molecule has 0 unspecified atom stereocenters. The first-order valence-corrected chi connectivity index (χ1v) is 7.35. The number of rotatable bonds is 1. The van der Waals surface area contributed by atoms with Gasteiger partial charge in [0.25, 0.3) is 0 Å². The van der Waals surface area contributed by atoms with E-state index in [1.54, 1.807) is 0 Å². The van der Waals surface area contributed by atoms with Crippen LogP contribution in [0, 0.1) is 23.7 Å². The van der Waals surface area contributed by atoms with Crippen molar-refractivity contribution in [1.29, 1.82) is 0 Å². The molecule has 3 nitrogen and oxygen atoms in total. The maximum absolute atomic E-state index is 4.62. The van der Waals surface area contributed by atoms with Gasteiger partial charge in [0, 0.05) is 0 Å². The Hall–Kier alpha value is -1.64. The molecule has 5 rings (SSSR count). The van der Waals surface area contributed by atoms with Gasteiger partial charge in [0.15, 0.2) is 0 Å². The summed E-state index contributed by atoms with van der Waals surface area (Å²) in [5.41, 5.74) is 1.20. The Kier molecular flexibility index (Phi) is 1.86. The topological polar surface area (TPSA) is 28.0 Å². The fraction of sp³-hybridized carbons (Fsp3) is 0.500. The number of benzene rings is 1. The highest BCUT2D eigenvalue weighted by molar-refractivity contribution is 5.48. The molecule has 3 aliphatic carbocycles. The van der Waals surface area contributed by atoms with Crippen molar-refractivity contribution in [2.75, 3.05) is 5.01 Å². The molecular weight excluding hydrogens is 234 g/mol. The molecule has 1 aromatic carbocycles. The molecule has 1 heterocycles. The molecule has 96 valence electrons. The monoisotopic (exact) mass is 251 g/mol. The van der Waals surface area contributed by atoms with E-state index in [-0.39, 0.29) is 0 Å². The Morgan fingerprint density at radius 1 is 1.05 bits per heavy atom. The quantitative estimate of drug-likeness (QED) is 0.702. The molecule has 2 fully saturated rings. The van der Waals surface area contributed by atoms with Gasteiger partial charge in [-0.2, -0.15) is 5.11 Å². The normalized spacial score (nSPS) is 44.9. The average molecular weight is 251 g/mol. The summed E-state index contributed by atoms with van der Waals surface area (Å²) in [5.74, 6) is 3.18. The van der Waals surface area contributed by atoms with Crippen LogP contribution in [0.1, 0.15) is 12.8 Å². The molecule has 4 aliphatic rings. The predicted molar refractivity (Wildman–Crippen MR) is 73.7 cm³/mol. The summed E-state index contributed by atoms with van der Waals surface area (Å²) < 4.78 is 0. The minimum absolute atomic E-state index is 0.450. The third-order valence-corrected chi connectivity index (χ3v) is 5.66. The molecule has 2 saturated carbocycles. The summed E-state index contributed by atoms with van der Waals surface area (Å²) in [6, 6.07) is 11.5. The van der Waals surface area contributed by atoms with Crippen molar-refractivity contribution in [3.63, 3.8) is 0 Å². The lowest BCUT2D eigenvalue weighted by Crippen LogP contribution is -2.44. The van der Waals surface area contributed by atoms with Gasteiger partial charge in [0.05, 0.1) is 17.8 Å². The zero-order valence-electron chi connectivity index (χ0n) is 10.8. The van der Waals surface area contributed by atoms with Gasteiger partial charge in [-0.05, 0) is 48.6 Å². The maximum atomic E-state index is 4.62. The Morgan fingerprint density at radius 3 is 2.84 bits per heavy atom. The standard InChI is InChI=1S/C16H17N3/c1-2-5-10(6-3-1)19-16-14-9-13(15(16)17-18-19)11-7-4-8-12(11)14/h1-6,8,11-16H,7,9H2/t11-,12+,13-,14+,15-,16+/m0/s1. The molecule has 0 spiro atoms. The minimum atomic E-state index is 0.450. The van der Waals surface area contributed by atoms with Gasteiger partial charge >= 0.3 is 0 Å².